The monoisotopic (exact) mass is 303 g/mol. The number of ether oxygens (including phenoxy) is 1. The molecule has 0 aliphatic rings. The van der Waals surface area contributed by atoms with Gasteiger partial charge in [-0.05, 0) is 67.9 Å². The van der Waals surface area contributed by atoms with Crippen molar-refractivity contribution in [1.82, 2.24) is 5.32 Å². The number of benzene rings is 1. The van der Waals surface area contributed by atoms with E-state index in [1.807, 2.05) is 0 Å². The molecule has 0 bridgehead atoms. The molecule has 0 spiro atoms. The van der Waals surface area contributed by atoms with E-state index in [9.17, 15) is 4.39 Å². The standard InChI is InChI=1S/C13H19BrFNO/c1-13(2,3)16-7-4-8-17-12-6-5-10(15)9-11(12)14/h5-6,9,16H,4,7-8H2,1-3H3. The van der Waals surface area contributed by atoms with E-state index < -0.39 is 0 Å². The Balaban J connectivity index is 2.27. The van der Waals surface area contributed by atoms with Crippen LogP contribution in [0.15, 0.2) is 22.7 Å². The summed E-state index contributed by atoms with van der Waals surface area (Å²) < 4.78 is 19.0. The van der Waals surface area contributed by atoms with Gasteiger partial charge < -0.3 is 10.1 Å². The maximum Gasteiger partial charge on any atom is 0.133 e. The Hall–Kier alpha value is -0.610. The minimum Gasteiger partial charge on any atom is -0.492 e. The molecule has 0 amide bonds. The van der Waals surface area contributed by atoms with Crippen LogP contribution in [-0.2, 0) is 0 Å². The third kappa shape index (κ3) is 6.03. The minimum absolute atomic E-state index is 0.135. The summed E-state index contributed by atoms with van der Waals surface area (Å²) in [5.41, 5.74) is 0.135. The molecule has 0 fully saturated rings. The summed E-state index contributed by atoms with van der Waals surface area (Å²) in [6.45, 7) is 7.91. The first-order valence-corrected chi connectivity index (χ1v) is 6.51. The molecule has 0 heterocycles. The van der Waals surface area contributed by atoms with Crippen molar-refractivity contribution < 1.29 is 9.13 Å². The topological polar surface area (TPSA) is 21.3 Å². The zero-order chi connectivity index (χ0) is 12.9. The predicted molar refractivity (Wildman–Crippen MR) is 72.0 cm³/mol. The molecule has 0 atom stereocenters. The Morgan fingerprint density at radius 3 is 2.65 bits per heavy atom. The van der Waals surface area contributed by atoms with Crippen LogP contribution in [0.1, 0.15) is 27.2 Å². The average molecular weight is 304 g/mol. The van der Waals surface area contributed by atoms with Gasteiger partial charge in [-0.1, -0.05) is 0 Å². The van der Waals surface area contributed by atoms with Crippen LogP contribution in [0.3, 0.4) is 0 Å². The average Bonchev–Trinajstić information content (AvgIpc) is 2.18. The summed E-state index contributed by atoms with van der Waals surface area (Å²) in [5.74, 6) is 0.417. The van der Waals surface area contributed by atoms with Crippen molar-refractivity contribution in [2.24, 2.45) is 0 Å². The molecule has 0 unspecified atom stereocenters. The predicted octanol–water partition coefficient (Wildman–Crippen LogP) is 3.75. The molecule has 1 rings (SSSR count). The van der Waals surface area contributed by atoms with Crippen LogP contribution < -0.4 is 10.1 Å². The van der Waals surface area contributed by atoms with Gasteiger partial charge in [-0.15, -0.1) is 0 Å². The summed E-state index contributed by atoms with van der Waals surface area (Å²) in [6.07, 6.45) is 0.918. The molecule has 4 heteroatoms. The van der Waals surface area contributed by atoms with Gasteiger partial charge in [0, 0.05) is 5.54 Å². The van der Waals surface area contributed by atoms with Crippen LogP contribution in [0.2, 0.25) is 0 Å². The summed E-state index contributed by atoms with van der Waals surface area (Å²) >= 11 is 3.27. The Kier molecular flexibility index (Phi) is 5.40. The number of halogens is 2. The normalized spacial score (nSPS) is 11.6. The van der Waals surface area contributed by atoms with Crippen LogP contribution in [0.5, 0.6) is 5.75 Å². The highest BCUT2D eigenvalue weighted by atomic mass is 79.9. The fourth-order valence-electron chi connectivity index (χ4n) is 1.31. The largest absolute Gasteiger partial charge is 0.492 e. The maximum atomic E-state index is 12.8. The third-order valence-corrected chi connectivity index (χ3v) is 2.75. The van der Waals surface area contributed by atoms with Crippen molar-refractivity contribution in [3.05, 3.63) is 28.5 Å². The van der Waals surface area contributed by atoms with Crippen molar-refractivity contribution in [3.8, 4) is 5.75 Å². The highest BCUT2D eigenvalue weighted by Gasteiger charge is 2.07. The molecule has 0 aromatic heterocycles. The van der Waals surface area contributed by atoms with Gasteiger partial charge in [0.05, 0.1) is 11.1 Å². The number of hydrogen-bond acceptors (Lipinski definition) is 2. The number of hydrogen-bond donors (Lipinski definition) is 1. The smallest absolute Gasteiger partial charge is 0.133 e. The molecule has 0 aliphatic carbocycles. The van der Waals surface area contributed by atoms with Gasteiger partial charge in [-0.2, -0.15) is 0 Å². The number of nitrogens with one attached hydrogen (secondary N) is 1. The molecule has 0 saturated carbocycles. The van der Waals surface area contributed by atoms with Gasteiger partial charge in [0.1, 0.15) is 11.6 Å². The summed E-state index contributed by atoms with van der Waals surface area (Å²) in [7, 11) is 0. The molecule has 2 nitrogen and oxygen atoms in total. The van der Waals surface area contributed by atoms with Crippen LogP contribution in [0, 0.1) is 5.82 Å². The van der Waals surface area contributed by atoms with Crippen molar-refractivity contribution in [2.45, 2.75) is 32.7 Å². The summed E-state index contributed by atoms with van der Waals surface area (Å²) in [4.78, 5) is 0. The lowest BCUT2D eigenvalue weighted by atomic mass is 10.1. The van der Waals surface area contributed by atoms with Crippen molar-refractivity contribution in [3.63, 3.8) is 0 Å². The molecular weight excluding hydrogens is 285 g/mol. The second-order valence-electron chi connectivity index (χ2n) is 4.95. The molecule has 96 valence electrons. The van der Waals surface area contributed by atoms with Crippen molar-refractivity contribution in [1.29, 1.82) is 0 Å². The fourth-order valence-corrected chi connectivity index (χ4v) is 1.78. The van der Waals surface area contributed by atoms with Crippen LogP contribution in [0.25, 0.3) is 0 Å². The lowest BCUT2D eigenvalue weighted by Crippen LogP contribution is -2.36. The quantitative estimate of drug-likeness (QED) is 0.837. The van der Waals surface area contributed by atoms with E-state index >= 15 is 0 Å². The molecule has 17 heavy (non-hydrogen) atoms. The molecular formula is C13H19BrFNO. The van der Waals surface area contributed by atoms with E-state index in [0.29, 0.717) is 16.8 Å². The van der Waals surface area contributed by atoms with Gasteiger partial charge in [-0.3, -0.25) is 0 Å². The van der Waals surface area contributed by atoms with E-state index in [4.69, 9.17) is 4.74 Å². The third-order valence-electron chi connectivity index (χ3n) is 2.13. The van der Waals surface area contributed by atoms with Gasteiger partial charge >= 0.3 is 0 Å². The second kappa shape index (κ2) is 6.36. The van der Waals surface area contributed by atoms with Crippen LogP contribution in [-0.4, -0.2) is 18.7 Å². The van der Waals surface area contributed by atoms with E-state index in [0.717, 1.165) is 13.0 Å². The molecule has 1 N–H and O–H groups in total. The first-order valence-electron chi connectivity index (χ1n) is 5.71. The van der Waals surface area contributed by atoms with Crippen molar-refractivity contribution >= 4 is 15.9 Å². The first kappa shape index (κ1) is 14.5. The van der Waals surface area contributed by atoms with E-state index in [1.54, 1.807) is 6.07 Å². The van der Waals surface area contributed by atoms with E-state index in [2.05, 4.69) is 42.0 Å². The van der Waals surface area contributed by atoms with E-state index in [1.165, 1.54) is 12.1 Å². The fraction of sp³-hybridized carbons (Fsp3) is 0.538. The van der Waals surface area contributed by atoms with Gasteiger partial charge in [-0.25, -0.2) is 4.39 Å². The maximum absolute atomic E-state index is 12.8. The molecule has 1 aromatic rings. The Morgan fingerprint density at radius 1 is 1.35 bits per heavy atom. The van der Waals surface area contributed by atoms with Crippen LogP contribution in [0.4, 0.5) is 4.39 Å². The minimum atomic E-state index is -0.265. The summed E-state index contributed by atoms with van der Waals surface area (Å²) in [5, 5.41) is 3.38. The Labute approximate surface area is 111 Å². The molecule has 0 radical (unpaired) electrons. The molecule has 0 aliphatic heterocycles. The van der Waals surface area contributed by atoms with Crippen molar-refractivity contribution in [2.75, 3.05) is 13.2 Å². The molecule has 1 aromatic carbocycles. The first-order chi connectivity index (χ1) is 7.88. The zero-order valence-electron chi connectivity index (χ0n) is 10.5. The Morgan fingerprint density at radius 2 is 2.06 bits per heavy atom. The number of rotatable bonds is 5. The lowest BCUT2D eigenvalue weighted by molar-refractivity contribution is 0.296. The SMILES string of the molecule is CC(C)(C)NCCCOc1ccc(F)cc1Br. The van der Waals surface area contributed by atoms with Gasteiger partial charge in [0.2, 0.25) is 0 Å². The zero-order valence-corrected chi connectivity index (χ0v) is 12.1. The molecule has 0 saturated heterocycles. The highest BCUT2D eigenvalue weighted by Crippen LogP contribution is 2.25. The Bertz CT molecular complexity index is 363. The van der Waals surface area contributed by atoms with E-state index in [-0.39, 0.29) is 11.4 Å². The second-order valence-corrected chi connectivity index (χ2v) is 5.81. The highest BCUT2D eigenvalue weighted by molar-refractivity contribution is 9.10. The lowest BCUT2D eigenvalue weighted by Gasteiger charge is -2.20. The van der Waals surface area contributed by atoms with Gasteiger partial charge in [0.15, 0.2) is 0 Å². The van der Waals surface area contributed by atoms with Gasteiger partial charge in [0.25, 0.3) is 0 Å². The summed E-state index contributed by atoms with van der Waals surface area (Å²) in [6, 6.07) is 4.44. The van der Waals surface area contributed by atoms with Crippen LogP contribution >= 0.6 is 15.9 Å².